The Bertz CT molecular complexity index is 1250. The molecule has 1 heterocycles. The zero-order valence-corrected chi connectivity index (χ0v) is 19.3. The summed E-state index contributed by atoms with van der Waals surface area (Å²) in [5.41, 5.74) is 1.44. The van der Waals surface area contributed by atoms with Crippen LogP contribution in [0.1, 0.15) is 56.0 Å². The van der Waals surface area contributed by atoms with Gasteiger partial charge in [0.15, 0.2) is 11.5 Å². The van der Waals surface area contributed by atoms with Gasteiger partial charge in [-0.15, -0.1) is 0 Å². The average molecular weight is 472 g/mol. The van der Waals surface area contributed by atoms with Crippen molar-refractivity contribution in [3.63, 3.8) is 0 Å². The molecule has 1 N–H and O–H groups in total. The lowest BCUT2D eigenvalue weighted by Gasteiger charge is -2.27. The first-order valence-corrected chi connectivity index (χ1v) is 11.1. The molecule has 178 valence electrons. The minimum Gasteiger partial charge on any atom is -0.493 e. The van der Waals surface area contributed by atoms with E-state index in [-0.39, 0.29) is 23.8 Å². The lowest BCUT2D eigenvalue weighted by molar-refractivity contribution is -0.121. The molecular formula is C27H24N2O6. The predicted molar refractivity (Wildman–Crippen MR) is 127 cm³/mol. The van der Waals surface area contributed by atoms with Gasteiger partial charge < -0.3 is 14.8 Å². The Morgan fingerprint density at radius 2 is 1.51 bits per heavy atom. The first kappa shape index (κ1) is 23.7. The van der Waals surface area contributed by atoms with E-state index >= 15 is 0 Å². The number of ether oxygens (including phenoxy) is 2. The summed E-state index contributed by atoms with van der Waals surface area (Å²) in [6.07, 6.45) is -0.133. The summed E-state index contributed by atoms with van der Waals surface area (Å²) in [5, 5.41) is 2.72. The van der Waals surface area contributed by atoms with Gasteiger partial charge >= 0.3 is 5.97 Å². The van der Waals surface area contributed by atoms with Crippen LogP contribution in [0.15, 0.2) is 72.8 Å². The quantitative estimate of drug-likeness (QED) is 0.304. The number of fused-ring (bicyclic) bond motifs is 1. The maximum atomic E-state index is 13.2. The normalized spacial score (nSPS) is 13.3. The molecule has 8 nitrogen and oxygen atoms in total. The van der Waals surface area contributed by atoms with Crippen LogP contribution in [0.3, 0.4) is 0 Å². The van der Waals surface area contributed by atoms with Gasteiger partial charge in [-0.1, -0.05) is 36.4 Å². The van der Waals surface area contributed by atoms with Crippen LogP contribution in [0.2, 0.25) is 0 Å². The highest BCUT2D eigenvalue weighted by atomic mass is 16.6. The highest BCUT2D eigenvalue weighted by molar-refractivity contribution is 6.21. The summed E-state index contributed by atoms with van der Waals surface area (Å²) < 4.78 is 10.9. The van der Waals surface area contributed by atoms with E-state index in [0.29, 0.717) is 28.8 Å². The van der Waals surface area contributed by atoms with E-state index in [1.807, 2.05) is 0 Å². The van der Waals surface area contributed by atoms with Gasteiger partial charge in [0.2, 0.25) is 5.91 Å². The first-order valence-electron chi connectivity index (χ1n) is 11.1. The third kappa shape index (κ3) is 4.77. The molecule has 1 unspecified atom stereocenters. The number of nitrogens with one attached hydrogen (secondary N) is 1. The number of rotatable bonds is 8. The molecule has 0 aromatic heterocycles. The zero-order chi connectivity index (χ0) is 24.9. The van der Waals surface area contributed by atoms with Gasteiger partial charge in [0.05, 0.1) is 36.3 Å². The number of imide groups is 1. The Labute approximate surface area is 202 Å². The zero-order valence-electron chi connectivity index (χ0n) is 19.3. The molecule has 0 aliphatic carbocycles. The molecule has 1 aliphatic heterocycles. The molecule has 3 aromatic carbocycles. The second-order valence-electron chi connectivity index (χ2n) is 7.87. The number of methoxy groups -OCH3 is 1. The standard InChI is InChI=1S/C27H24N2O6/c1-3-28-24(30)16-21(29-25(31)19-11-7-8-12-20(19)26(29)32)18-13-14-22(23(15-18)34-2)35-27(33)17-9-5-4-6-10-17/h4-15,21H,3,16H2,1-2H3,(H,28,30). The monoisotopic (exact) mass is 472 g/mol. The molecule has 1 aliphatic rings. The second kappa shape index (κ2) is 10.2. The Kier molecular flexibility index (Phi) is 6.91. The fraction of sp³-hybridized carbons (Fsp3) is 0.185. The molecule has 0 saturated heterocycles. The summed E-state index contributed by atoms with van der Waals surface area (Å²) in [7, 11) is 1.42. The molecule has 4 rings (SSSR count). The maximum absolute atomic E-state index is 13.2. The van der Waals surface area contributed by atoms with Gasteiger partial charge in [-0.05, 0) is 48.9 Å². The van der Waals surface area contributed by atoms with Crippen molar-refractivity contribution in [3.8, 4) is 11.5 Å². The predicted octanol–water partition coefficient (Wildman–Crippen LogP) is 3.78. The van der Waals surface area contributed by atoms with Crippen molar-refractivity contribution >= 4 is 23.7 Å². The van der Waals surface area contributed by atoms with Crippen molar-refractivity contribution < 1.29 is 28.7 Å². The summed E-state index contributed by atoms with van der Waals surface area (Å²) in [6.45, 7) is 2.19. The number of carbonyl (C=O) groups is 4. The molecular weight excluding hydrogens is 448 g/mol. The number of benzene rings is 3. The minimum atomic E-state index is -0.887. The van der Waals surface area contributed by atoms with Crippen LogP contribution in [0.4, 0.5) is 0 Å². The number of amides is 3. The van der Waals surface area contributed by atoms with Crippen LogP contribution in [-0.2, 0) is 4.79 Å². The summed E-state index contributed by atoms with van der Waals surface area (Å²) in [5.74, 6) is -1.42. The Morgan fingerprint density at radius 3 is 2.11 bits per heavy atom. The van der Waals surface area contributed by atoms with E-state index in [4.69, 9.17) is 9.47 Å². The molecule has 0 saturated carbocycles. The molecule has 1 atom stereocenters. The van der Waals surface area contributed by atoms with Crippen molar-refractivity contribution in [2.75, 3.05) is 13.7 Å². The number of carbonyl (C=O) groups excluding carboxylic acids is 4. The first-order chi connectivity index (χ1) is 16.9. The number of nitrogens with zero attached hydrogens (tertiary/aromatic N) is 1. The number of hydrogen-bond acceptors (Lipinski definition) is 6. The van der Waals surface area contributed by atoms with E-state index in [1.165, 1.54) is 13.2 Å². The van der Waals surface area contributed by atoms with Crippen molar-refractivity contribution in [2.45, 2.75) is 19.4 Å². The molecule has 3 aromatic rings. The summed E-state index contributed by atoms with van der Waals surface area (Å²) in [4.78, 5) is 52.5. The van der Waals surface area contributed by atoms with Crippen LogP contribution in [-0.4, -0.2) is 42.2 Å². The lowest BCUT2D eigenvalue weighted by Crippen LogP contribution is -2.37. The second-order valence-corrected chi connectivity index (χ2v) is 7.87. The molecule has 0 bridgehead atoms. The van der Waals surface area contributed by atoms with Crippen LogP contribution in [0, 0.1) is 0 Å². The molecule has 35 heavy (non-hydrogen) atoms. The van der Waals surface area contributed by atoms with Crippen LogP contribution in [0.25, 0.3) is 0 Å². The molecule has 0 fully saturated rings. The minimum absolute atomic E-state index is 0.133. The van der Waals surface area contributed by atoms with E-state index in [9.17, 15) is 19.2 Å². The largest absolute Gasteiger partial charge is 0.493 e. The highest BCUT2D eigenvalue weighted by Crippen LogP contribution is 2.37. The van der Waals surface area contributed by atoms with Crippen molar-refractivity contribution in [2.24, 2.45) is 0 Å². The third-order valence-corrected chi connectivity index (χ3v) is 5.67. The fourth-order valence-corrected chi connectivity index (χ4v) is 4.00. The number of hydrogen-bond donors (Lipinski definition) is 1. The Hall–Kier alpha value is -4.46. The van der Waals surface area contributed by atoms with Gasteiger partial charge in [-0.2, -0.15) is 0 Å². The topological polar surface area (TPSA) is 102 Å². The smallest absolute Gasteiger partial charge is 0.343 e. The molecule has 0 radical (unpaired) electrons. The SMILES string of the molecule is CCNC(=O)CC(c1ccc(OC(=O)c2ccccc2)c(OC)c1)N1C(=O)c2ccccc2C1=O. The van der Waals surface area contributed by atoms with Crippen LogP contribution >= 0.6 is 0 Å². The average Bonchev–Trinajstić information content (AvgIpc) is 3.13. The highest BCUT2D eigenvalue weighted by Gasteiger charge is 2.41. The van der Waals surface area contributed by atoms with E-state index in [2.05, 4.69) is 5.32 Å². The lowest BCUT2D eigenvalue weighted by atomic mass is 10.0. The van der Waals surface area contributed by atoms with E-state index in [1.54, 1.807) is 73.7 Å². The van der Waals surface area contributed by atoms with Gasteiger partial charge in [0.1, 0.15) is 0 Å². The van der Waals surface area contributed by atoms with Gasteiger partial charge in [0.25, 0.3) is 11.8 Å². The van der Waals surface area contributed by atoms with Crippen molar-refractivity contribution in [1.29, 1.82) is 0 Å². The van der Waals surface area contributed by atoms with E-state index < -0.39 is 23.8 Å². The number of esters is 1. The van der Waals surface area contributed by atoms with Crippen molar-refractivity contribution in [1.82, 2.24) is 10.2 Å². The molecule has 8 heteroatoms. The van der Waals surface area contributed by atoms with Gasteiger partial charge in [0, 0.05) is 6.54 Å². The maximum Gasteiger partial charge on any atom is 0.343 e. The van der Waals surface area contributed by atoms with E-state index in [0.717, 1.165) is 4.90 Å². The molecule has 3 amide bonds. The molecule has 0 spiro atoms. The van der Waals surface area contributed by atoms with Crippen LogP contribution < -0.4 is 14.8 Å². The van der Waals surface area contributed by atoms with Crippen LogP contribution in [0.5, 0.6) is 11.5 Å². The fourth-order valence-electron chi connectivity index (χ4n) is 4.00. The summed E-state index contributed by atoms with van der Waals surface area (Å²) >= 11 is 0. The third-order valence-electron chi connectivity index (χ3n) is 5.67. The van der Waals surface area contributed by atoms with Gasteiger partial charge in [-0.3, -0.25) is 19.3 Å². The Balaban J connectivity index is 1.68. The Morgan fingerprint density at radius 1 is 0.886 bits per heavy atom. The van der Waals surface area contributed by atoms with Crippen molar-refractivity contribution in [3.05, 3.63) is 95.1 Å². The van der Waals surface area contributed by atoms with Gasteiger partial charge in [-0.25, -0.2) is 4.79 Å². The summed E-state index contributed by atoms with van der Waals surface area (Å²) in [6, 6.07) is 18.9.